The Morgan fingerprint density at radius 3 is 2.89 bits per heavy atom. The van der Waals surface area contributed by atoms with E-state index >= 15 is 0 Å². The van der Waals surface area contributed by atoms with Crippen molar-refractivity contribution in [2.75, 3.05) is 38.5 Å². The smallest absolute Gasteiger partial charge is 0.230 e. The first kappa shape index (κ1) is 18.7. The van der Waals surface area contributed by atoms with Crippen LogP contribution >= 0.6 is 11.3 Å². The lowest BCUT2D eigenvalue weighted by atomic mass is 9.96. The number of carbonyl (C=O) groups is 1. The van der Waals surface area contributed by atoms with Gasteiger partial charge in [0.1, 0.15) is 11.3 Å². The fourth-order valence-electron chi connectivity index (χ4n) is 4.16. The SMILES string of the molecule is CN1CCCC1CN1CCCC(C(=O)Nc2nc3c(F)cc(F)cc3s2)C1. The van der Waals surface area contributed by atoms with E-state index in [0.29, 0.717) is 15.9 Å². The van der Waals surface area contributed by atoms with Crippen LogP contribution in [0.2, 0.25) is 0 Å². The Morgan fingerprint density at radius 2 is 2.11 bits per heavy atom. The van der Waals surface area contributed by atoms with Crippen LogP contribution in [0.25, 0.3) is 10.2 Å². The van der Waals surface area contributed by atoms with Crippen LogP contribution in [0.4, 0.5) is 13.9 Å². The predicted molar refractivity (Wildman–Crippen MR) is 103 cm³/mol. The highest BCUT2D eigenvalue weighted by Crippen LogP contribution is 2.29. The van der Waals surface area contributed by atoms with Crippen molar-refractivity contribution < 1.29 is 13.6 Å². The van der Waals surface area contributed by atoms with Crippen molar-refractivity contribution in [1.29, 1.82) is 0 Å². The molecule has 4 rings (SSSR count). The number of nitrogens with zero attached hydrogens (tertiary/aromatic N) is 3. The highest BCUT2D eigenvalue weighted by Gasteiger charge is 2.30. The van der Waals surface area contributed by atoms with Gasteiger partial charge in [-0.1, -0.05) is 11.3 Å². The van der Waals surface area contributed by atoms with Gasteiger partial charge in [0.05, 0.1) is 10.6 Å². The molecule has 0 spiro atoms. The summed E-state index contributed by atoms with van der Waals surface area (Å²) < 4.78 is 27.6. The van der Waals surface area contributed by atoms with Crippen LogP contribution in [-0.4, -0.2) is 60.0 Å². The number of likely N-dealkylation sites (tertiary alicyclic amines) is 2. The number of benzene rings is 1. The molecular weight excluding hydrogens is 370 g/mol. The maximum absolute atomic E-state index is 13.8. The molecule has 1 amide bonds. The van der Waals surface area contributed by atoms with Crippen molar-refractivity contribution >= 4 is 32.6 Å². The molecule has 8 heteroatoms. The van der Waals surface area contributed by atoms with E-state index in [1.807, 2.05) is 0 Å². The number of thiazole rings is 1. The molecule has 2 saturated heterocycles. The van der Waals surface area contributed by atoms with Gasteiger partial charge < -0.3 is 15.1 Å². The number of piperidine rings is 1. The van der Waals surface area contributed by atoms with E-state index < -0.39 is 11.6 Å². The lowest BCUT2D eigenvalue weighted by Crippen LogP contribution is -2.45. The van der Waals surface area contributed by atoms with Gasteiger partial charge in [0.2, 0.25) is 5.91 Å². The third kappa shape index (κ3) is 4.12. The normalized spacial score (nSPS) is 24.6. The van der Waals surface area contributed by atoms with Crippen LogP contribution in [-0.2, 0) is 4.79 Å². The van der Waals surface area contributed by atoms with E-state index in [-0.39, 0.29) is 17.3 Å². The van der Waals surface area contributed by atoms with Crippen molar-refractivity contribution in [2.45, 2.75) is 31.7 Å². The lowest BCUT2D eigenvalue weighted by molar-refractivity contribution is -0.121. The van der Waals surface area contributed by atoms with Gasteiger partial charge >= 0.3 is 0 Å². The summed E-state index contributed by atoms with van der Waals surface area (Å²) in [6, 6.07) is 2.63. The molecule has 0 saturated carbocycles. The molecule has 2 unspecified atom stereocenters. The van der Waals surface area contributed by atoms with Crippen molar-refractivity contribution in [3.63, 3.8) is 0 Å². The number of hydrogen-bond donors (Lipinski definition) is 1. The molecule has 0 bridgehead atoms. The second-order valence-electron chi connectivity index (χ2n) is 7.62. The number of amides is 1. The summed E-state index contributed by atoms with van der Waals surface area (Å²) in [5.41, 5.74) is 0.103. The second kappa shape index (κ2) is 7.77. The quantitative estimate of drug-likeness (QED) is 0.864. The van der Waals surface area contributed by atoms with Gasteiger partial charge in [0.15, 0.2) is 10.9 Å². The predicted octanol–water partition coefficient (Wildman–Crippen LogP) is 3.32. The van der Waals surface area contributed by atoms with Crippen molar-refractivity contribution in [2.24, 2.45) is 5.92 Å². The Bertz CT molecular complexity index is 842. The topological polar surface area (TPSA) is 48.5 Å². The van der Waals surface area contributed by atoms with E-state index in [9.17, 15) is 13.6 Å². The molecule has 2 aliphatic rings. The number of fused-ring (bicyclic) bond motifs is 1. The van der Waals surface area contributed by atoms with Gasteiger partial charge in [-0.05, 0) is 51.9 Å². The van der Waals surface area contributed by atoms with Gasteiger partial charge in [-0.25, -0.2) is 13.8 Å². The second-order valence-corrected chi connectivity index (χ2v) is 8.65. The molecule has 1 aromatic carbocycles. The van der Waals surface area contributed by atoms with Crippen molar-refractivity contribution in [3.8, 4) is 0 Å². The standard InChI is InChI=1S/C19H24F2N4OS/c1-24-6-3-5-14(24)11-25-7-2-4-12(10-25)18(26)23-19-22-17-15(21)8-13(20)9-16(17)27-19/h8-9,12,14H,2-7,10-11H2,1H3,(H,22,23,26). The first-order chi connectivity index (χ1) is 13.0. The van der Waals surface area contributed by atoms with Crippen LogP contribution in [0.3, 0.4) is 0 Å². The summed E-state index contributed by atoms with van der Waals surface area (Å²) in [7, 11) is 2.17. The lowest BCUT2D eigenvalue weighted by Gasteiger charge is -2.35. The summed E-state index contributed by atoms with van der Waals surface area (Å²) in [5.74, 6) is -1.52. The summed E-state index contributed by atoms with van der Waals surface area (Å²) in [5, 5.41) is 3.14. The number of anilines is 1. The van der Waals surface area contributed by atoms with E-state index in [0.717, 1.165) is 56.4 Å². The molecule has 2 aliphatic heterocycles. The van der Waals surface area contributed by atoms with Crippen molar-refractivity contribution in [1.82, 2.24) is 14.8 Å². The minimum Gasteiger partial charge on any atom is -0.302 e. The molecule has 3 heterocycles. The number of rotatable bonds is 4. The van der Waals surface area contributed by atoms with Gasteiger partial charge in [0.25, 0.3) is 0 Å². The molecule has 5 nitrogen and oxygen atoms in total. The number of nitrogens with one attached hydrogen (secondary N) is 1. The fraction of sp³-hybridized carbons (Fsp3) is 0.579. The van der Waals surface area contributed by atoms with Gasteiger partial charge in [0, 0.05) is 25.2 Å². The largest absolute Gasteiger partial charge is 0.302 e. The first-order valence-electron chi connectivity index (χ1n) is 9.48. The molecule has 2 aromatic rings. The van der Waals surface area contributed by atoms with E-state index in [4.69, 9.17) is 0 Å². The Labute approximate surface area is 161 Å². The molecule has 27 heavy (non-hydrogen) atoms. The molecule has 0 aliphatic carbocycles. The maximum atomic E-state index is 13.8. The minimum absolute atomic E-state index is 0.0839. The van der Waals surface area contributed by atoms with Gasteiger partial charge in [-0.3, -0.25) is 4.79 Å². The highest BCUT2D eigenvalue weighted by molar-refractivity contribution is 7.22. The van der Waals surface area contributed by atoms with Crippen LogP contribution in [0.1, 0.15) is 25.7 Å². The average Bonchev–Trinajstić information content (AvgIpc) is 3.21. The molecule has 146 valence electrons. The third-order valence-corrected chi connectivity index (χ3v) is 6.58. The van der Waals surface area contributed by atoms with Gasteiger partial charge in [-0.2, -0.15) is 0 Å². The summed E-state index contributed by atoms with van der Waals surface area (Å²) in [4.78, 5) is 21.6. The van der Waals surface area contributed by atoms with E-state index in [1.54, 1.807) is 0 Å². The van der Waals surface area contributed by atoms with Gasteiger partial charge in [-0.15, -0.1) is 0 Å². The number of hydrogen-bond acceptors (Lipinski definition) is 5. The maximum Gasteiger partial charge on any atom is 0.230 e. The number of carbonyl (C=O) groups excluding carboxylic acids is 1. The summed E-state index contributed by atoms with van der Waals surface area (Å²) in [6.07, 6.45) is 4.30. The highest BCUT2D eigenvalue weighted by atomic mass is 32.1. The first-order valence-corrected chi connectivity index (χ1v) is 10.3. The summed E-state index contributed by atoms with van der Waals surface area (Å²) in [6.45, 7) is 3.92. The molecular formula is C19H24F2N4OS. The fourth-order valence-corrected chi connectivity index (χ4v) is 5.07. The zero-order valence-electron chi connectivity index (χ0n) is 15.4. The van der Waals surface area contributed by atoms with Crippen LogP contribution < -0.4 is 5.32 Å². The Balaban J connectivity index is 1.39. The minimum atomic E-state index is -0.703. The molecule has 0 radical (unpaired) electrons. The van der Waals surface area contributed by atoms with Crippen molar-refractivity contribution in [3.05, 3.63) is 23.8 Å². The zero-order chi connectivity index (χ0) is 19.0. The molecule has 2 fully saturated rings. The third-order valence-electron chi connectivity index (χ3n) is 5.66. The average molecular weight is 394 g/mol. The Kier molecular flexibility index (Phi) is 5.39. The van der Waals surface area contributed by atoms with Crippen LogP contribution in [0.5, 0.6) is 0 Å². The number of likely N-dealkylation sites (N-methyl/N-ethyl adjacent to an activating group) is 1. The molecule has 1 aromatic heterocycles. The van der Waals surface area contributed by atoms with Crippen LogP contribution in [0, 0.1) is 17.6 Å². The Hall–Kier alpha value is -1.64. The van der Waals surface area contributed by atoms with E-state index in [1.165, 1.54) is 18.9 Å². The van der Waals surface area contributed by atoms with Crippen LogP contribution in [0.15, 0.2) is 12.1 Å². The zero-order valence-corrected chi connectivity index (χ0v) is 16.2. The van der Waals surface area contributed by atoms with E-state index in [2.05, 4.69) is 27.1 Å². The summed E-state index contributed by atoms with van der Waals surface area (Å²) >= 11 is 1.10. The monoisotopic (exact) mass is 394 g/mol. The number of aromatic nitrogens is 1. The number of halogens is 2. The molecule has 2 atom stereocenters. The molecule has 1 N–H and O–H groups in total. The Morgan fingerprint density at radius 1 is 1.30 bits per heavy atom.